The lowest BCUT2D eigenvalue weighted by molar-refractivity contribution is -0.0997. The van der Waals surface area contributed by atoms with E-state index >= 15 is 0 Å². The number of aliphatic hydroxyl groups is 3. The largest absolute Gasteiger partial charge is 0.395 e. The molecule has 7 nitrogen and oxygen atoms in total. The quantitative estimate of drug-likeness (QED) is 0.461. The molecule has 10 heteroatoms. The van der Waals surface area contributed by atoms with Crippen molar-refractivity contribution in [2.45, 2.75) is 12.5 Å². The number of hydrogen-bond acceptors (Lipinski definition) is 6. The predicted molar refractivity (Wildman–Crippen MR) is 112 cm³/mol. The lowest BCUT2D eigenvalue weighted by Gasteiger charge is -2.48. The molecule has 1 saturated heterocycles. The van der Waals surface area contributed by atoms with E-state index in [0.29, 0.717) is 5.56 Å². The van der Waals surface area contributed by atoms with Crippen molar-refractivity contribution in [3.05, 3.63) is 58.9 Å². The van der Waals surface area contributed by atoms with Gasteiger partial charge >= 0.3 is 0 Å². The summed E-state index contributed by atoms with van der Waals surface area (Å²) in [4.78, 5) is 15.9. The third-order valence-corrected chi connectivity index (χ3v) is 5.32. The highest BCUT2D eigenvalue weighted by Crippen LogP contribution is 2.31. The first-order chi connectivity index (χ1) is 15.2. The van der Waals surface area contributed by atoms with Gasteiger partial charge in [-0.1, -0.05) is 6.07 Å². The third kappa shape index (κ3) is 5.21. The predicted octanol–water partition coefficient (Wildman–Crippen LogP) is 1.63. The number of anilines is 2. The summed E-state index contributed by atoms with van der Waals surface area (Å²) >= 11 is 0. The van der Waals surface area contributed by atoms with Crippen molar-refractivity contribution in [1.29, 1.82) is 0 Å². The lowest BCUT2D eigenvalue weighted by Crippen LogP contribution is -2.67. The molecule has 0 bridgehead atoms. The van der Waals surface area contributed by atoms with Gasteiger partial charge in [0, 0.05) is 19.6 Å². The van der Waals surface area contributed by atoms with Gasteiger partial charge in [0.25, 0.3) is 5.91 Å². The van der Waals surface area contributed by atoms with Crippen molar-refractivity contribution >= 4 is 17.3 Å². The fraction of sp³-hybridized carbons (Fsp3) is 0.409. The molecule has 0 unspecified atom stereocenters. The fourth-order valence-electron chi connectivity index (χ4n) is 3.75. The van der Waals surface area contributed by atoms with Crippen LogP contribution in [0.4, 0.5) is 24.5 Å². The number of benzene rings is 2. The minimum absolute atomic E-state index is 0.0729. The van der Waals surface area contributed by atoms with E-state index < -0.39 is 34.6 Å². The summed E-state index contributed by atoms with van der Waals surface area (Å²) < 4.78 is 42.7. The normalized spacial score (nSPS) is 15.1. The van der Waals surface area contributed by atoms with Gasteiger partial charge < -0.3 is 25.5 Å². The molecule has 1 heterocycles. The second-order valence-electron chi connectivity index (χ2n) is 8.00. The number of carbonyl (C=O) groups is 1. The molecule has 1 aliphatic heterocycles. The van der Waals surface area contributed by atoms with Gasteiger partial charge in [-0.3, -0.25) is 9.69 Å². The molecule has 1 fully saturated rings. The Morgan fingerprint density at radius 2 is 1.75 bits per heavy atom. The Labute approximate surface area is 183 Å². The molecule has 4 N–H and O–H groups in total. The number of hydrogen-bond donors (Lipinski definition) is 4. The molecule has 0 aromatic heterocycles. The van der Waals surface area contributed by atoms with Crippen molar-refractivity contribution in [3.8, 4) is 0 Å². The lowest BCUT2D eigenvalue weighted by atomic mass is 9.92. The van der Waals surface area contributed by atoms with Crippen molar-refractivity contribution in [3.63, 3.8) is 0 Å². The van der Waals surface area contributed by atoms with Crippen molar-refractivity contribution in [2.24, 2.45) is 0 Å². The number of likely N-dealkylation sites (tertiary alicyclic amines) is 1. The molecule has 1 aliphatic rings. The maximum absolute atomic E-state index is 14.6. The Balaban J connectivity index is 1.78. The van der Waals surface area contributed by atoms with Crippen LogP contribution in [0.2, 0.25) is 0 Å². The summed E-state index contributed by atoms with van der Waals surface area (Å²) in [5, 5.41) is 31.4. The molecule has 32 heavy (non-hydrogen) atoms. The monoisotopic (exact) mass is 453 g/mol. The SMILES string of the molecule is Cc1ccc(Nc2c(C(=O)N3CC(O)(CN(CCO)CCO)C3)ccc(F)c2F)c(F)c1. The Morgan fingerprint density at radius 3 is 2.34 bits per heavy atom. The number of β-amino-alcohol motifs (C(OH)–C–C–N with tert-alkyl or cyclic N) is 1. The first kappa shape index (κ1) is 24.0. The zero-order valence-corrected chi connectivity index (χ0v) is 17.6. The number of nitrogens with zero attached hydrogens (tertiary/aromatic N) is 2. The number of aliphatic hydroxyl groups excluding tert-OH is 2. The van der Waals surface area contributed by atoms with E-state index in [1.807, 2.05) is 0 Å². The number of halogens is 3. The summed E-state index contributed by atoms with van der Waals surface area (Å²) in [6.07, 6.45) is 0. The van der Waals surface area contributed by atoms with Gasteiger partial charge in [0.1, 0.15) is 11.4 Å². The van der Waals surface area contributed by atoms with Crippen LogP contribution >= 0.6 is 0 Å². The fourth-order valence-corrected chi connectivity index (χ4v) is 3.75. The Hall–Kier alpha value is -2.66. The minimum Gasteiger partial charge on any atom is -0.395 e. The minimum atomic E-state index is -1.32. The van der Waals surface area contributed by atoms with Gasteiger partial charge in [0.2, 0.25) is 0 Å². The number of rotatable bonds is 9. The zero-order valence-electron chi connectivity index (χ0n) is 17.6. The highest BCUT2D eigenvalue weighted by atomic mass is 19.2. The molecule has 3 rings (SSSR count). The van der Waals surface area contributed by atoms with Crippen LogP contribution in [0.3, 0.4) is 0 Å². The first-order valence-corrected chi connectivity index (χ1v) is 10.1. The van der Waals surface area contributed by atoms with Crippen molar-refractivity contribution < 1.29 is 33.3 Å². The molecule has 0 aliphatic carbocycles. The van der Waals surface area contributed by atoms with Crippen LogP contribution in [-0.2, 0) is 0 Å². The average molecular weight is 453 g/mol. The zero-order chi connectivity index (χ0) is 23.5. The van der Waals surface area contributed by atoms with E-state index in [0.717, 1.165) is 12.1 Å². The Bertz CT molecular complexity index is 977. The number of amides is 1. The second kappa shape index (κ2) is 9.86. The first-order valence-electron chi connectivity index (χ1n) is 10.1. The van der Waals surface area contributed by atoms with E-state index in [4.69, 9.17) is 10.2 Å². The second-order valence-corrected chi connectivity index (χ2v) is 8.00. The topological polar surface area (TPSA) is 96.3 Å². The summed E-state index contributed by atoms with van der Waals surface area (Å²) in [6.45, 7) is 1.84. The smallest absolute Gasteiger partial charge is 0.256 e. The van der Waals surface area contributed by atoms with Gasteiger partial charge in [-0.25, -0.2) is 13.2 Å². The van der Waals surface area contributed by atoms with E-state index in [9.17, 15) is 23.1 Å². The maximum Gasteiger partial charge on any atom is 0.256 e. The van der Waals surface area contributed by atoms with Crippen molar-refractivity contribution in [2.75, 3.05) is 51.3 Å². The number of carbonyl (C=O) groups excluding carboxylic acids is 1. The van der Waals surface area contributed by atoms with Crippen LogP contribution in [0.5, 0.6) is 0 Å². The van der Waals surface area contributed by atoms with Gasteiger partial charge in [-0.15, -0.1) is 0 Å². The van der Waals surface area contributed by atoms with E-state index in [1.54, 1.807) is 17.9 Å². The summed E-state index contributed by atoms with van der Waals surface area (Å²) in [6, 6.07) is 6.10. The summed E-state index contributed by atoms with van der Waals surface area (Å²) in [5.41, 5.74) is -1.43. The molecule has 1 amide bonds. The molecule has 0 saturated carbocycles. The van der Waals surface area contributed by atoms with Crippen LogP contribution in [0.25, 0.3) is 0 Å². The van der Waals surface area contributed by atoms with Crippen molar-refractivity contribution in [1.82, 2.24) is 9.80 Å². The molecular weight excluding hydrogens is 427 g/mol. The Kier molecular flexibility index (Phi) is 7.40. The average Bonchev–Trinajstić information content (AvgIpc) is 2.71. The van der Waals surface area contributed by atoms with Crippen LogP contribution in [0, 0.1) is 24.4 Å². The maximum atomic E-state index is 14.6. The Morgan fingerprint density at radius 1 is 1.09 bits per heavy atom. The van der Waals surface area contributed by atoms with Crippen LogP contribution in [-0.4, -0.2) is 82.6 Å². The molecule has 0 atom stereocenters. The van der Waals surface area contributed by atoms with E-state index in [-0.39, 0.29) is 57.2 Å². The highest BCUT2D eigenvalue weighted by molar-refractivity contribution is 6.01. The van der Waals surface area contributed by atoms with Gasteiger partial charge in [-0.2, -0.15) is 0 Å². The van der Waals surface area contributed by atoms with E-state index in [1.165, 1.54) is 17.0 Å². The highest BCUT2D eigenvalue weighted by Gasteiger charge is 2.45. The molecular formula is C22H26F3N3O4. The van der Waals surface area contributed by atoms with Crippen LogP contribution in [0.15, 0.2) is 30.3 Å². The molecule has 0 radical (unpaired) electrons. The van der Waals surface area contributed by atoms with E-state index in [2.05, 4.69) is 5.32 Å². The van der Waals surface area contributed by atoms with Gasteiger partial charge in [0.05, 0.1) is 43.2 Å². The van der Waals surface area contributed by atoms with Gasteiger partial charge in [-0.05, 0) is 36.8 Å². The van der Waals surface area contributed by atoms with Gasteiger partial charge in [0.15, 0.2) is 11.6 Å². The molecule has 2 aromatic rings. The standard InChI is InChI=1S/C22H26F3N3O4/c1-14-2-5-18(17(24)10-14)26-20-15(3-4-16(23)19(20)25)21(31)28-12-22(32,13-28)11-27(6-8-29)7-9-30/h2-5,10,26,29-30,32H,6-9,11-13H2,1H3. The molecule has 0 spiro atoms. The molecule has 174 valence electrons. The third-order valence-electron chi connectivity index (χ3n) is 5.32. The number of aryl methyl sites for hydroxylation is 1. The van der Waals surface area contributed by atoms with Crippen LogP contribution < -0.4 is 5.32 Å². The summed E-state index contributed by atoms with van der Waals surface area (Å²) in [7, 11) is 0. The summed E-state index contributed by atoms with van der Waals surface area (Å²) in [5.74, 6) is -3.85. The van der Waals surface area contributed by atoms with Crippen LogP contribution in [0.1, 0.15) is 15.9 Å². The number of nitrogens with one attached hydrogen (secondary N) is 1. The molecule has 2 aromatic carbocycles.